The summed E-state index contributed by atoms with van der Waals surface area (Å²) in [6, 6.07) is 5.60. The molecule has 0 amide bonds. The molecule has 14 heteroatoms. The summed E-state index contributed by atoms with van der Waals surface area (Å²) >= 11 is 0.398. The van der Waals surface area contributed by atoms with Crippen LogP contribution in [0.5, 0.6) is 5.88 Å². The van der Waals surface area contributed by atoms with Gasteiger partial charge in [0.2, 0.25) is 5.88 Å². The van der Waals surface area contributed by atoms with Crippen LogP contribution in [0.3, 0.4) is 0 Å². The first kappa shape index (κ1) is 25.2. The molecule has 0 saturated heterocycles. The molecule has 1 aliphatic heterocycles. The van der Waals surface area contributed by atoms with E-state index in [0.717, 1.165) is 0 Å². The number of fused-ring (bicyclic) bond motifs is 1. The lowest BCUT2D eigenvalue weighted by Crippen LogP contribution is -2.18. The van der Waals surface area contributed by atoms with E-state index < -0.39 is 58.7 Å². The van der Waals surface area contributed by atoms with Crippen LogP contribution < -0.4 is 15.4 Å². The number of aromatic nitrogens is 1. The molecule has 1 aromatic heterocycles. The van der Waals surface area contributed by atoms with E-state index >= 15 is 0 Å². The van der Waals surface area contributed by atoms with Gasteiger partial charge in [-0.1, -0.05) is 23.5 Å². The van der Waals surface area contributed by atoms with Gasteiger partial charge in [0.1, 0.15) is 6.54 Å². The molecule has 0 saturated carbocycles. The average Bonchev–Trinajstić information content (AvgIpc) is 3.35. The number of carboxylic acids is 1. The standard InChI is InChI=1S/C22H13F6N3O4S/c23-21(24,25)13-3-1-11(15(7-13)22(26,27)28)6-14(10-2-4-16-12(5-10)8-29-30-16)18-19(34)31(9-17(32)33)20(35)36-18/h1-5,7-8,34H,6,9H2,(H,32,33). The second-order valence-corrected chi connectivity index (χ2v) is 8.60. The Hall–Kier alpha value is -3.94. The Morgan fingerprint density at radius 3 is 2.39 bits per heavy atom. The van der Waals surface area contributed by atoms with Crippen LogP contribution in [0, 0.1) is 0 Å². The van der Waals surface area contributed by atoms with Gasteiger partial charge in [-0.2, -0.15) is 36.5 Å². The van der Waals surface area contributed by atoms with Crippen LogP contribution in [-0.4, -0.2) is 27.0 Å². The SMILES string of the molecule is O=C(O)Cn1c(O)c(C(Cc2ccc(C(F)(F)F)cc2C(F)(F)F)=c2ccc3c(c2)C=NN=3)sc1=O. The number of carbonyl (C=O) groups is 1. The van der Waals surface area contributed by atoms with Crippen LogP contribution in [0.25, 0.3) is 5.57 Å². The predicted molar refractivity (Wildman–Crippen MR) is 115 cm³/mol. The van der Waals surface area contributed by atoms with Gasteiger partial charge in [0.25, 0.3) is 0 Å². The number of benzene rings is 2. The molecular formula is C22H13F6N3O4S. The van der Waals surface area contributed by atoms with Crippen molar-refractivity contribution in [3.05, 3.63) is 83.8 Å². The van der Waals surface area contributed by atoms with Crippen molar-refractivity contribution in [2.24, 2.45) is 10.2 Å². The highest BCUT2D eigenvalue weighted by molar-refractivity contribution is 7.10. The minimum Gasteiger partial charge on any atom is -0.493 e. The van der Waals surface area contributed by atoms with Crippen LogP contribution in [0.15, 0.2) is 51.4 Å². The van der Waals surface area contributed by atoms with Crippen LogP contribution in [0.4, 0.5) is 26.3 Å². The van der Waals surface area contributed by atoms with E-state index in [4.69, 9.17) is 5.11 Å². The molecule has 188 valence electrons. The normalized spacial score (nSPS) is 13.9. The third-order valence-corrected chi connectivity index (χ3v) is 6.31. The Morgan fingerprint density at radius 2 is 1.75 bits per heavy atom. The van der Waals surface area contributed by atoms with Crippen LogP contribution in [-0.2, 0) is 30.1 Å². The second-order valence-electron chi connectivity index (χ2n) is 7.64. The fourth-order valence-electron chi connectivity index (χ4n) is 3.63. The van der Waals surface area contributed by atoms with Crippen molar-refractivity contribution < 1.29 is 41.4 Å². The Bertz CT molecular complexity index is 1580. The van der Waals surface area contributed by atoms with E-state index in [1.54, 1.807) is 0 Å². The van der Waals surface area contributed by atoms with E-state index in [1.165, 1.54) is 24.4 Å². The van der Waals surface area contributed by atoms with E-state index in [0.29, 0.717) is 39.0 Å². The molecule has 36 heavy (non-hydrogen) atoms. The van der Waals surface area contributed by atoms with Crippen molar-refractivity contribution in [2.45, 2.75) is 25.3 Å². The van der Waals surface area contributed by atoms with Gasteiger partial charge in [-0.05, 0) is 40.6 Å². The Balaban J connectivity index is 1.97. The highest BCUT2D eigenvalue weighted by Crippen LogP contribution is 2.39. The first-order valence-corrected chi connectivity index (χ1v) is 10.7. The lowest BCUT2D eigenvalue weighted by atomic mass is 9.94. The van der Waals surface area contributed by atoms with Crippen LogP contribution in [0.2, 0.25) is 0 Å². The fourth-order valence-corrected chi connectivity index (χ4v) is 4.58. The maximum atomic E-state index is 13.8. The predicted octanol–water partition coefficient (Wildman–Crippen LogP) is 3.15. The Morgan fingerprint density at radius 1 is 1.03 bits per heavy atom. The number of nitrogens with zero attached hydrogens (tertiary/aromatic N) is 3. The van der Waals surface area contributed by atoms with Gasteiger partial charge in [0.15, 0.2) is 0 Å². The molecule has 7 nitrogen and oxygen atoms in total. The topological polar surface area (TPSA) is 104 Å². The summed E-state index contributed by atoms with van der Waals surface area (Å²) in [5, 5.41) is 27.9. The zero-order valence-corrected chi connectivity index (χ0v) is 18.5. The number of carboxylic acid groups (broad SMARTS) is 1. The lowest BCUT2D eigenvalue weighted by molar-refractivity contribution is -0.143. The smallest absolute Gasteiger partial charge is 0.416 e. The largest absolute Gasteiger partial charge is 0.493 e. The summed E-state index contributed by atoms with van der Waals surface area (Å²) in [7, 11) is 0. The van der Waals surface area contributed by atoms with Crippen molar-refractivity contribution in [3.63, 3.8) is 0 Å². The van der Waals surface area contributed by atoms with Gasteiger partial charge in [0.05, 0.1) is 27.6 Å². The fraction of sp³-hybridized carbons (Fsp3) is 0.182. The van der Waals surface area contributed by atoms with Crippen LogP contribution >= 0.6 is 11.3 Å². The molecule has 2 aromatic carbocycles. The molecule has 0 spiro atoms. The van der Waals surface area contributed by atoms with Crippen molar-refractivity contribution in [1.82, 2.24) is 4.57 Å². The highest BCUT2D eigenvalue weighted by Gasteiger charge is 2.38. The third kappa shape index (κ3) is 4.89. The number of thiazole rings is 1. The van der Waals surface area contributed by atoms with Crippen molar-refractivity contribution in [2.75, 3.05) is 0 Å². The zero-order valence-electron chi connectivity index (χ0n) is 17.7. The molecule has 3 aromatic rings. The minimum atomic E-state index is -5.14. The van der Waals surface area contributed by atoms with Gasteiger partial charge >= 0.3 is 23.2 Å². The zero-order chi connectivity index (χ0) is 26.4. The lowest BCUT2D eigenvalue weighted by Gasteiger charge is -2.17. The number of aromatic hydroxyl groups is 1. The van der Waals surface area contributed by atoms with Gasteiger partial charge in [-0.3, -0.25) is 14.2 Å². The molecule has 1 aliphatic rings. The first-order chi connectivity index (χ1) is 16.8. The van der Waals surface area contributed by atoms with Crippen LogP contribution in [0.1, 0.15) is 27.1 Å². The Labute approximate surface area is 200 Å². The van der Waals surface area contributed by atoms with Gasteiger partial charge in [-0.15, -0.1) is 0 Å². The summed E-state index contributed by atoms with van der Waals surface area (Å²) in [6.45, 7) is -0.905. The van der Waals surface area contributed by atoms with E-state index in [1.807, 2.05) is 0 Å². The van der Waals surface area contributed by atoms with Gasteiger partial charge in [-0.25, -0.2) is 0 Å². The van der Waals surface area contributed by atoms with Crippen molar-refractivity contribution >= 4 is 29.1 Å². The molecule has 4 rings (SSSR count). The molecule has 0 bridgehead atoms. The maximum absolute atomic E-state index is 13.8. The Kier molecular flexibility index (Phi) is 6.24. The number of hydrogen-bond acceptors (Lipinski definition) is 6. The first-order valence-electron chi connectivity index (χ1n) is 9.92. The van der Waals surface area contributed by atoms with Crippen molar-refractivity contribution in [3.8, 4) is 5.88 Å². The molecule has 2 N–H and O–H groups in total. The summed E-state index contributed by atoms with van der Waals surface area (Å²) in [6.07, 6.45) is -9.43. The number of halogens is 6. The third-order valence-electron chi connectivity index (χ3n) is 5.28. The monoisotopic (exact) mass is 529 g/mol. The summed E-state index contributed by atoms with van der Waals surface area (Å²) in [4.78, 5) is 22.3. The molecule has 0 atom stereocenters. The van der Waals surface area contributed by atoms with Gasteiger partial charge < -0.3 is 10.2 Å². The van der Waals surface area contributed by atoms with E-state index in [9.17, 15) is 41.0 Å². The van der Waals surface area contributed by atoms with E-state index in [-0.39, 0.29) is 21.7 Å². The molecule has 0 aliphatic carbocycles. The summed E-state index contributed by atoms with van der Waals surface area (Å²) < 4.78 is 81.1. The minimum absolute atomic E-state index is 0.000894. The number of aliphatic carboxylic acids is 1. The summed E-state index contributed by atoms with van der Waals surface area (Å²) in [5.41, 5.74) is -3.13. The number of rotatable bonds is 5. The average molecular weight is 529 g/mol. The van der Waals surface area contributed by atoms with Gasteiger partial charge in [0, 0.05) is 12.0 Å². The molecule has 0 unspecified atom stereocenters. The number of hydrogen-bond donors (Lipinski definition) is 2. The summed E-state index contributed by atoms with van der Waals surface area (Å²) in [5.74, 6) is -2.24. The molecule has 0 radical (unpaired) electrons. The molecular weight excluding hydrogens is 516 g/mol. The highest BCUT2D eigenvalue weighted by atomic mass is 32.1. The van der Waals surface area contributed by atoms with E-state index in [2.05, 4.69) is 10.2 Å². The van der Waals surface area contributed by atoms with Crippen molar-refractivity contribution in [1.29, 1.82) is 0 Å². The molecule has 2 heterocycles. The number of alkyl halides is 6. The quantitative estimate of drug-likeness (QED) is 0.496. The molecule has 0 fully saturated rings. The second kappa shape index (κ2) is 8.93. The maximum Gasteiger partial charge on any atom is 0.416 e.